The topological polar surface area (TPSA) is 21.3 Å². The molecule has 0 spiro atoms. The minimum absolute atomic E-state index is 0.184. The van der Waals surface area contributed by atoms with E-state index in [-0.39, 0.29) is 6.10 Å². The van der Waals surface area contributed by atoms with Gasteiger partial charge in [0.05, 0.1) is 12.7 Å². The number of benzene rings is 1. The summed E-state index contributed by atoms with van der Waals surface area (Å²) < 4.78 is 6.20. The fourth-order valence-electron chi connectivity index (χ4n) is 2.71. The third kappa shape index (κ3) is 4.96. The fourth-order valence-corrected chi connectivity index (χ4v) is 2.71. The quantitative estimate of drug-likeness (QED) is 0.803. The largest absolute Gasteiger partial charge is 0.372 e. The zero-order chi connectivity index (χ0) is 13.5. The van der Waals surface area contributed by atoms with Gasteiger partial charge in [-0.2, -0.15) is 0 Å². The van der Waals surface area contributed by atoms with Crippen LogP contribution < -0.4 is 5.32 Å². The molecule has 1 N–H and O–H groups in total. The maximum atomic E-state index is 6.20. The highest BCUT2D eigenvalue weighted by molar-refractivity contribution is 5.18. The third-order valence-electron chi connectivity index (χ3n) is 3.89. The lowest BCUT2D eigenvalue weighted by atomic mass is 10.1. The van der Waals surface area contributed by atoms with Crippen molar-refractivity contribution in [1.82, 2.24) is 5.32 Å². The van der Waals surface area contributed by atoms with Crippen LogP contribution in [0, 0.1) is 5.92 Å². The molecule has 0 saturated heterocycles. The van der Waals surface area contributed by atoms with Crippen molar-refractivity contribution in [3.05, 3.63) is 35.9 Å². The molecular weight excluding hydrogens is 234 g/mol. The van der Waals surface area contributed by atoms with Crippen LogP contribution in [0.25, 0.3) is 0 Å². The lowest BCUT2D eigenvalue weighted by molar-refractivity contribution is 0.0284. The molecule has 1 aromatic carbocycles. The van der Waals surface area contributed by atoms with E-state index in [4.69, 9.17) is 4.74 Å². The highest BCUT2D eigenvalue weighted by Gasteiger charge is 2.18. The normalized spacial score (nSPS) is 18.1. The predicted octanol–water partition coefficient (Wildman–Crippen LogP) is 3.93. The van der Waals surface area contributed by atoms with Gasteiger partial charge in [-0.1, -0.05) is 57.0 Å². The van der Waals surface area contributed by atoms with Crippen molar-refractivity contribution >= 4 is 0 Å². The second kappa shape index (κ2) is 7.66. The minimum atomic E-state index is 0.184. The second-order valence-corrected chi connectivity index (χ2v) is 5.95. The average Bonchev–Trinajstić information content (AvgIpc) is 2.93. The molecule has 0 aliphatic heterocycles. The molecule has 0 amide bonds. The van der Waals surface area contributed by atoms with E-state index in [1.165, 1.54) is 31.2 Å². The van der Waals surface area contributed by atoms with Gasteiger partial charge in [-0.3, -0.25) is 0 Å². The minimum Gasteiger partial charge on any atom is -0.372 e. The first-order valence-electron chi connectivity index (χ1n) is 7.65. The van der Waals surface area contributed by atoms with E-state index in [2.05, 4.69) is 49.5 Å². The lowest BCUT2D eigenvalue weighted by Gasteiger charge is -2.22. The molecule has 0 radical (unpaired) electrons. The van der Waals surface area contributed by atoms with Gasteiger partial charge in [0, 0.05) is 12.6 Å². The lowest BCUT2D eigenvalue weighted by Crippen LogP contribution is -2.29. The fraction of sp³-hybridized carbons (Fsp3) is 0.647. The molecule has 2 heteroatoms. The molecule has 1 saturated carbocycles. The highest BCUT2D eigenvalue weighted by atomic mass is 16.5. The maximum absolute atomic E-state index is 6.20. The number of hydrogen-bond acceptors (Lipinski definition) is 2. The second-order valence-electron chi connectivity index (χ2n) is 5.95. The Morgan fingerprint density at radius 2 is 1.84 bits per heavy atom. The Balaban J connectivity index is 1.89. The first-order chi connectivity index (χ1) is 9.25. The Morgan fingerprint density at radius 3 is 2.47 bits per heavy atom. The van der Waals surface area contributed by atoms with Crippen molar-refractivity contribution < 1.29 is 4.74 Å². The van der Waals surface area contributed by atoms with Crippen LogP contribution in [-0.4, -0.2) is 19.2 Å². The molecule has 1 fully saturated rings. The molecule has 1 atom stereocenters. The van der Waals surface area contributed by atoms with Gasteiger partial charge in [-0.15, -0.1) is 0 Å². The Labute approximate surface area is 117 Å². The molecule has 1 aromatic rings. The molecule has 2 rings (SSSR count). The molecule has 1 unspecified atom stereocenters. The van der Waals surface area contributed by atoms with Gasteiger partial charge < -0.3 is 10.1 Å². The molecule has 0 aromatic heterocycles. The summed E-state index contributed by atoms with van der Waals surface area (Å²) in [7, 11) is 0. The van der Waals surface area contributed by atoms with Crippen LogP contribution in [0.1, 0.15) is 51.2 Å². The summed E-state index contributed by atoms with van der Waals surface area (Å²) in [5.74, 6) is 0.783. The average molecular weight is 261 g/mol. The van der Waals surface area contributed by atoms with Crippen LogP contribution in [0.4, 0.5) is 0 Å². The van der Waals surface area contributed by atoms with Crippen LogP contribution in [0.2, 0.25) is 0 Å². The van der Waals surface area contributed by atoms with Gasteiger partial charge in [0.1, 0.15) is 0 Å². The van der Waals surface area contributed by atoms with E-state index in [1.54, 1.807) is 0 Å². The van der Waals surface area contributed by atoms with E-state index in [9.17, 15) is 0 Å². The van der Waals surface area contributed by atoms with Gasteiger partial charge in [-0.05, 0) is 24.3 Å². The SMILES string of the molecule is CC(C)NCC(OCC1CCCC1)c1ccccc1. The van der Waals surface area contributed by atoms with Crippen LogP contribution in [0.15, 0.2) is 30.3 Å². The Hall–Kier alpha value is -0.860. The van der Waals surface area contributed by atoms with Crippen molar-refractivity contribution in [2.75, 3.05) is 13.2 Å². The summed E-state index contributed by atoms with van der Waals surface area (Å²) in [6, 6.07) is 11.1. The zero-order valence-electron chi connectivity index (χ0n) is 12.3. The van der Waals surface area contributed by atoms with Crippen LogP contribution in [0.5, 0.6) is 0 Å². The summed E-state index contributed by atoms with van der Waals surface area (Å²) in [5, 5.41) is 3.49. The monoisotopic (exact) mass is 261 g/mol. The molecule has 106 valence electrons. The van der Waals surface area contributed by atoms with Crippen LogP contribution >= 0.6 is 0 Å². The first kappa shape index (κ1) is 14.5. The van der Waals surface area contributed by atoms with E-state index < -0.39 is 0 Å². The maximum Gasteiger partial charge on any atom is 0.0949 e. The van der Waals surface area contributed by atoms with Crippen molar-refractivity contribution in [3.63, 3.8) is 0 Å². The van der Waals surface area contributed by atoms with Gasteiger partial charge in [0.15, 0.2) is 0 Å². The van der Waals surface area contributed by atoms with Crippen molar-refractivity contribution in [2.45, 2.75) is 51.7 Å². The molecule has 1 aliphatic rings. The van der Waals surface area contributed by atoms with Gasteiger partial charge in [0.2, 0.25) is 0 Å². The van der Waals surface area contributed by atoms with Crippen molar-refractivity contribution in [1.29, 1.82) is 0 Å². The predicted molar refractivity (Wildman–Crippen MR) is 80.2 cm³/mol. The molecule has 0 heterocycles. The van der Waals surface area contributed by atoms with E-state index in [0.29, 0.717) is 6.04 Å². The number of ether oxygens (including phenoxy) is 1. The summed E-state index contributed by atoms with van der Waals surface area (Å²) >= 11 is 0. The van der Waals surface area contributed by atoms with Gasteiger partial charge >= 0.3 is 0 Å². The number of hydrogen-bond donors (Lipinski definition) is 1. The number of nitrogens with one attached hydrogen (secondary N) is 1. The summed E-state index contributed by atoms with van der Waals surface area (Å²) in [6.07, 6.45) is 5.64. The van der Waals surface area contributed by atoms with Crippen molar-refractivity contribution in [3.8, 4) is 0 Å². The van der Waals surface area contributed by atoms with E-state index in [0.717, 1.165) is 19.1 Å². The number of rotatable bonds is 7. The van der Waals surface area contributed by atoms with E-state index >= 15 is 0 Å². The summed E-state index contributed by atoms with van der Waals surface area (Å²) in [5.41, 5.74) is 1.29. The van der Waals surface area contributed by atoms with Gasteiger partial charge in [0.25, 0.3) is 0 Å². The summed E-state index contributed by atoms with van der Waals surface area (Å²) in [6.45, 7) is 6.17. The first-order valence-corrected chi connectivity index (χ1v) is 7.65. The Kier molecular flexibility index (Phi) is 5.87. The standard InChI is InChI=1S/C17H27NO/c1-14(2)18-12-17(16-10-4-3-5-11-16)19-13-15-8-6-7-9-15/h3-5,10-11,14-15,17-18H,6-9,12-13H2,1-2H3. The molecule has 1 aliphatic carbocycles. The van der Waals surface area contributed by atoms with Crippen LogP contribution in [0.3, 0.4) is 0 Å². The molecular formula is C17H27NO. The van der Waals surface area contributed by atoms with Crippen LogP contribution in [-0.2, 0) is 4.74 Å². The van der Waals surface area contributed by atoms with Crippen molar-refractivity contribution in [2.24, 2.45) is 5.92 Å². The zero-order valence-corrected chi connectivity index (χ0v) is 12.3. The summed E-state index contributed by atoms with van der Waals surface area (Å²) in [4.78, 5) is 0. The molecule has 0 bridgehead atoms. The third-order valence-corrected chi connectivity index (χ3v) is 3.89. The van der Waals surface area contributed by atoms with Gasteiger partial charge in [-0.25, -0.2) is 0 Å². The Bertz CT molecular complexity index is 344. The smallest absolute Gasteiger partial charge is 0.0949 e. The molecule has 19 heavy (non-hydrogen) atoms. The highest BCUT2D eigenvalue weighted by Crippen LogP contribution is 2.27. The Morgan fingerprint density at radius 1 is 1.16 bits per heavy atom. The van der Waals surface area contributed by atoms with E-state index in [1.807, 2.05) is 0 Å². The molecule has 2 nitrogen and oxygen atoms in total.